The van der Waals surface area contributed by atoms with Crippen molar-refractivity contribution in [3.05, 3.63) is 70.5 Å². The molecule has 2 aromatic carbocycles. The Balaban J connectivity index is 2.06. The van der Waals surface area contributed by atoms with E-state index >= 15 is 0 Å². The molecule has 25 heavy (non-hydrogen) atoms. The van der Waals surface area contributed by atoms with Crippen molar-refractivity contribution < 1.29 is 4.79 Å². The smallest absolute Gasteiger partial charge is 0.279 e. The van der Waals surface area contributed by atoms with Crippen LogP contribution in [0.2, 0.25) is 5.02 Å². The van der Waals surface area contributed by atoms with E-state index in [0.717, 1.165) is 15.9 Å². The molecular formula is C19H18ClN3OS. The Morgan fingerprint density at radius 2 is 2.00 bits per heavy atom. The molecule has 6 heteroatoms. The van der Waals surface area contributed by atoms with Gasteiger partial charge in [0, 0.05) is 36.9 Å². The molecule has 0 N–H and O–H groups in total. The summed E-state index contributed by atoms with van der Waals surface area (Å²) in [5, 5.41) is 0.664. The largest absolute Gasteiger partial charge is 0.378 e. The summed E-state index contributed by atoms with van der Waals surface area (Å²) < 4.78 is 2.96. The molecule has 0 aliphatic heterocycles. The van der Waals surface area contributed by atoms with E-state index in [0.29, 0.717) is 21.9 Å². The number of carbonyl (C=O) groups excluding carboxylic acids is 1. The Morgan fingerprint density at radius 1 is 1.28 bits per heavy atom. The highest BCUT2D eigenvalue weighted by molar-refractivity contribution is 7.16. The Kier molecular flexibility index (Phi) is 5.06. The normalized spacial score (nSPS) is 11.7. The van der Waals surface area contributed by atoms with Crippen molar-refractivity contribution in [1.82, 2.24) is 4.57 Å². The topological polar surface area (TPSA) is 37.6 Å². The van der Waals surface area contributed by atoms with Gasteiger partial charge in [-0.15, -0.1) is 6.58 Å². The molecule has 0 fully saturated rings. The van der Waals surface area contributed by atoms with Crippen molar-refractivity contribution in [2.45, 2.75) is 6.54 Å². The van der Waals surface area contributed by atoms with Gasteiger partial charge < -0.3 is 9.47 Å². The van der Waals surface area contributed by atoms with E-state index < -0.39 is 0 Å². The summed E-state index contributed by atoms with van der Waals surface area (Å²) in [5.41, 5.74) is 2.59. The molecule has 1 heterocycles. The van der Waals surface area contributed by atoms with Crippen LogP contribution in [0.1, 0.15) is 10.4 Å². The number of anilines is 1. The van der Waals surface area contributed by atoms with E-state index in [4.69, 9.17) is 11.6 Å². The number of aromatic nitrogens is 1. The number of hydrogen-bond donors (Lipinski definition) is 0. The average molecular weight is 372 g/mol. The Morgan fingerprint density at radius 3 is 2.64 bits per heavy atom. The van der Waals surface area contributed by atoms with E-state index in [1.54, 1.807) is 18.2 Å². The molecule has 0 aliphatic rings. The lowest BCUT2D eigenvalue weighted by Crippen LogP contribution is -2.16. The van der Waals surface area contributed by atoms with E-state index in [-0.39, 0.29) is 5.91 Å². The average Bonchev–Trinajstić information content (AvgIpc) is 2.91. The predicted molar refractivity (Wildman–Crippen MR) is 106 cm³/mol. The van der Waals surface area contributed by atoms with Crippen LogP contribution < -0.4 is 9.70 Å². The number of amides is 1. The summed E-state index contributed by atoms with van der Waals surface area (Å²) in [6, 6.07) is 13.1. The fraction of sp³-hybridized carbons (Fsp3) is 0.158. The molecule has 1 amide bonds. The summed E-state index contributed by atoms with van der Waals surface area (Å²) in [5.74, 6) is -0.263. The Labute approximate surface area is 155 Å². The SMILES string of the molecule is C=CCn1c(=NC(=O)c2ccc(N(C)C)cc2)sc2cc(Cl)ccc21. The number of carbonyl (C=O) groups is 1. The van der Waals surface area contributed by atoms with Gasteiger partial charge in [-0.3, -0.25) is 4.79 Å². The monoisotopic (exact) mass is 371 g/mol. The minimum Gasteiger partial charge on any atom is -0.378 e. The first-order chi connectivity index (χ1) is 12.0. The second-order valence-corrected chi connectivity index (χ2v) is 7.20. The van der Waals surface area contributed by atoms with E-state index in [2.05, 4.69) is 11.6 Å². The first kappa shape index (κ1) is 17.5. The van der Waals surface area contributed by atoms with E-state index in [9.17, 15) is 4.79 Å². The summed E-state index contributed by atoms with van der Waals surface area (Å²) in [6.07, 6.45) is 1.79. The van der Waals surface area contributed by atoms with Crippen LogP contribution in [0, 0.1) is 0 Å². The van der Waals surface area contributed by atoms with Crippen LogP contribution in [-0.4, -0.2) is 24.6 Å². The van der Waals surface area contributed by atoms with Crippen molar-refractivity contribution >= 4 is 44.7 Å². The number of hydrogen-bond acceptors (Lipinski definition) is 3. The third kappa shape index (κ3) is 3.67. The first-order valence-electron chi connectivity index (χ1n) is 7.76. The molecule has 0 bridgehead atoms. The molecule has 3 aromatic rings. The number of allylic oxidation sites excluding steroid dienone is 1. The number of fused-ring (bicyclic) bond motifs is 1. The van der Waals surface area contributed by atoms with Gasteiger partial charge in [-0.25, -0.2) is 0 Å². The van der Waals surface area contributed by atoms with E-state index in [1.807, 2.05) is 53.9 Å². The highest BCUT2D eigenvalue weighted by Crippen LogP contribution is 2.22. The number of benzene rings is 2. The molecule has 0 saturated heterocycles. The van der Waals surface area contributed by atoms with Crippen LogP contribution in [-0.2, 0) is 6.54 Å². The van der Waals surface area contributed by atoms with Gasteiger partial charge in [-0.2, -0.15) is 4.99 Å². The van der Waals surface area contributed by atoms with Gasteiger partial charge in [-0.05, 0) is 42.5 Å². The quantitative estimate of drug-likeness (QED) is 0.639. The van der Waals surface area contributed by atoms with Gasteiger partial charge in [0.05, 0.1) is 10.2 Å². The molecule has 0 spiro atoms. The van der Waals surface area contributed by atoms with Crippen molar-refractivity contribution in [2.24, 2.45) is 4.99 Å². The van der Waals surface area contributed by atoms with Crippen molar-refractivity contribution in [3.8, 4) is 0 Å². The van der Waals surface area contributed by atoms with Gasteiger partial charge in [0.25, 0.3) is 5.91 Å². The van der Waals surface area contributed by atoms with Gasteiger partial charge in [-0.1, -0.05) is 29.0 Å². The van der Waals surface area contributed by atoms with Crippen molar-refractivity contribution in [1.29, 1.82) is 0 Å². The van der Waals surface area contributed by atoms with Crippen LogP contribution in [0.4, 0.5) is 5.69 Å². The molecule has 0 atom stereocenters. The number of rotatable bonds is 4. The highest BCUT2D eigenvalue weighted by atomic mass is 35.5. The van der Waals surface area contributed by atoms with Crippen LogP contribution in [0.15, 0.2) is 60.1 Å². The van der Waals surface area contributed by atoms with Crippen LogP contribution in [0.25, 0.3) is 10.2 Å². The number of halogens is 1. The van der Waals surface area contributed by atoms with Gasteiger partial charge >= 0.3 is 0 Å². The zero-order valence-electron chi connectivity index (χ0n) is 14.1. The second kappa shape index (κ2) is 7.25. The molecule has 0 radical (unpaired) electrons. The molecule has 3 rings (SSSR count). The lowest BCUT2D eigenvalue weighted by Gasteiger charge is -2.11. The van der Waals surface area contributed by atoms with Crippen LogP contribution >= 0.6 is 22.9 Å². The maximum atomic E-state index is 12.6. The van der Waals surface area contributed by atoms with E-state index in [1.165, 1.54) is 11.3 Å². The fourth-order valence-corrected chi connectivity index (χ4v) is 3.81. The maximum absolute atomic E-state index is 12.6. The van der Waals surface area contributed by atoms with Crippen LogP contribution in [0.5, 0.6) is 0 Å². The minimum absolute atomic E-state index is 0.263. The Hall–Kier alpha value is -2.37. The van der Waals surface area contributed by atoms with Gasteiger partial charge in [0.1, 0.15) is 0 Å². The highest BCUT2D eigenvalue weighted by Gasteiger charge is 2.09. The molecule has 1 aromatic heterocycles. The second-order valence-electron chi connectivity index (χ2n) is 5.75. The standard InChI is InChI=1S/C19H18ClN3OS/c1-4-11-23-16-10-7-14(20)12-17(16)25-19(23)21-18(24)13-5-8-15(9-6-13)22(2)3/h4-10,12H,1,11H2,2-3H3. The van der Waals surface area contributed by atoms with Crippen LogP contribution in [0.3, 0.4) is 0 Å². The lowest BCUT2D eigenvalue weighted by molar-refractivity contribution is 0.0998. The molecule has 0 saturated carbocycles. The predicted octanol–water partition coefficient (Wildman–Crippen LogP) is 4.35. The lowest BCUT2D eigenvalue weighted by atomic mass is 10.2. The third-order valence-corrected chi connectivity index (χ3v) is 5.06. The maximum Gasteiger partial charge on any atom is 0.279 e. The zero-order valence-corrected chi connectivity index (χ0v) is 15.6. The molecule has 0 unspecified atom stereocenters. The molecule has 4 nitrogen and oxygen atoms in total. The third-order valence-electron chi connectivity index (χ3n) is 3.78. The summed E-state index contributed by atoms with van der Waals surface area (Å²) in [4.78, 5) is 19.5. The van der Waals surface area contributed by atoms with Gasteiger partial charge in [0.2, 0.25) is 0 Å². The summed E-state index contributed by atoms with van der Waals surface area (Å²) >= 11 is 7.52. The zero-order chi connectivity index (χ0) is 18.0. The van der Waals surface area contributed by atoms with Crippen molar-refractivity contribution in [2.75, 3.05) is 19.0 Å². The number of nitrogens with zero attached hydrogens (tertiary/aromatic N) is 3. The van der Waals surface area contributed by atoms with Crippen molar-refractivity contribution in [3.63, 3.8) is 0 Å². The minimum atomic E-state index is -0.263. The molecular weight excluding hydrogens is 354 g/mol. The van der Waals surface area contributed by atoms with Gasteiger partial charge in [0.15, 0.2) is 4.80 Å². The fourth-order valence-electron chi connectivity index (χ4n) is 2.49. The molecule has 128 valence electrons. The summed E-state index contributed by atoms with van der Waals surface area (Å²) in [7, 11) is 3.92. The Bertz CT molecular complexity index is 1000. The number of thiazole rings is 1. The summed E-state index contributed by atoms with van der Waals surface area (Å²) in [6.45, 7) is 4.37. The molecule has 0 aliphatic carbocycles. The first-order valence-corrected chi connectivity index (χ1v) is 8.95.